The molecule has 176 valence electrons. The minimum Gasteiger partial charge on any atom is -0.480 e. The van der Waals surface area contributed by atoms with E-state index in [1.807, 2.05) is 0 Å². The van der Waals surface area contributed by atoms with Gasteiger partial charge in [-0.25, -0.2) is 9.78 Å². The summed E-state index contributed by atoms with van der Waals surface area (Å²) in [6.45, 7) is 4.68. The van der Waals surface area contributed by atoms with Gasteiger partial charge in [0.05, 0.1) is 12.4 Å². The van der Waals surface area contributed by atoms with Gasteiger partial charge in [0, 0.05) is 24.9 Å². The number of amides is 3. The van der Waals surface area contributed by atoms with Crippen LogP contribution in [-0.2, 0) is 25.6 Å². The molecule has 0 aliphatic carbocycles. The van der Waals surface area contributed by atoms with Crippen LogP contribution in [0.1, 0.15) is 45.2 Å². The summed E-state index contributed by atoms with van der Waals surface area (Å²) in [5.74, 6) is -2.48. The minimum atomic E-state index is -1.04. The van der Waals surface area contributed by atoms with E-state index in [2.05, 4.69) is 25.9 Å². The Morgan fingerprint density at radius 2 is 2.00 bits per heavy atom. The van der Waals surface area contributed by atoms with Crippen LogP contribution in [0.2, 0.25) is 0 Å². The monoisotopic (exact) mass is 448 g/mol. The van der Waals surface area contributed by atoms with Crippen LogP contribution < -0.4 is 16.0 Å². The Balaban J connectivity index is 1.73. The molecule has 32 heavy (non-hydrogen) atoms. The number of carbonyl (C=O) groups is 4. The largest absolute Gasteiger partial charge is 0.480 e. The lowest BCUT2D eigenvalue weighted by atomic mass is 10.0. The molecule has 0 aromatic carbocycles. The highest BCUT2D eigenvalue weighted by Gasteiger charge is 2.39. The van der Waals surface area contributed by atoms with Gasteiger partial charge < -0.3 is 30.9 Å². The number of aromatic amines is 1. The van der Waals surface area contributed by atoms with Crippen molar-refractivity contribution in [3.8, 4) is 0 Å². The SMILES string of the molecule is CC(C)C(NC(=O)C(Cc1cnc[nH]1)NC(=O)C1CCCN1)C(=O)N1CCCC1C(=O)O. The fourth-order valence-electron chi connectivity index (χ4n) is 4.24. The minimum absolute atomic E-state index is 0.185. The van der Waals surface area contributed by atoms with E-state index in [0.717, 1.165) is 13.0 Å². The molecule has 5 N–H and O–H groups in total. The van der Waals surface area contributed by atoms with Gasteiger partial charge in [-0.3, -0.25) is 14.4 Å². The van der Waals surface area contributed by atoms with Crippen LogP contribution in [-0.4, -0.2) is 80.9 Å². The van der Waals surface area contributed by atoms with Gasteiger partial charge in [0.25, 0.3) is 0 Å². The van der Waals surface area contributed by atoms with Gasteiger partial charge in [0.1, 0.15) is 18.1 Å². The average Bonchev–Trinajstić information content (AvgIpc) is 3.52. The predicted octanol–water partition coefficient (Wildman–Crippen LogP) is -0.595. The number of nitrogens with one attached hydrogen (secondary N) is 4. The second-order valence-corrected chi connectivity index (χ2v) is 8.75. The van der Waals surface area contributed by atoms with Crippen molar-refractivity contribution in [2.45, 2.75) is 70.1 Å². The number of imidazole rings is 1. The third-order valence-corrected chi connectivity index (χ3v) is 6.04. The zero-order valence-corrected chi connectivity index (χ0v) is 18.5. The number of aliphatic carboxylic acids is 1. The Labute approximate surface area is 186 Å². The molecular weight excluding hydrogens is 416 g/mol. The van der Waals surface area contributed by atoms with Gasteiger partial charge in [-0.05, 0) is 38.1 Å². The second-order valence-electron chi connectivity index (χ2n) is 8.75. The van der Waals surface area contributed by atoms with E-state index < -0.39 is 35.9 Å². The summed E-state index contributed by atoms with van der Waals surface area (Å²) < 4.78 is 0. The van der Waals surface area contributed by atoms with Crippen LogP contribution in [0.4, 0.5) is 0 Å². The Bertz CT molecular complexity index is 821. The number of nitrogens with zero attached hydrogens (tertiary/aromatic N) is 2. The Morgan fingerprint density at radius 1 is 1.22 bits per heavy atom. The number of carboxylic acids is 1. The quantitative estimate of drug-likeness (QED) is 0.338. The van der Waals surface area contributed by atoms with Crippen molar-refractivity contribution in [3.05, 3.63) is 18.2 Å². The fraction of sp³-hybridized carbons (Fsp3) is 0.667. The van der Waals surface area contributed by atoms with Crippen LogP contribution >= 0.6 is 0 Å². The first kappa shape index (κ1) is 23.7. The molecule has 2 aliphatic rings. The van der Waals surface area contributed by atoms with Crippen LogP contribution in [0.25, 0.3) is 0 Å². The number of aromatic nitrogens is 2. The van der Waals surface area contributed by atoms with E-state index in [0.29, 0.717) is 31.5 Å². The highest BCUT2D eigenvalue weighted by Crippen LogP contribution is 2.20. The molecule has 0 spiro atoms. The molecule has 0 saturated carbocycles. The van der Waals surface area contributed by atoms with Crippen LogP contribution in [0.15, 0.2) is 12.5 Å². The maximum Gasteiger partial charge on any atom is 0.326 e. The van der Waals surface area contributed by atoms with E-state index in [1.165, 1.54) is 11.2 Å². The Kier molecular flexibility index (Phi) is 7.84. The lowest BCUT2D eigenvalue weighted by Gasteiger charge is -2.30. The third-order valence-electron chi connectivity index (χ3n) is 6.04. The number of H-pyrrole nitrogens is 1. The number of rotatable bonds is 9. The van der Waals surface area contributed by atoms with E-state index in [4.69, 9.17) is 0 Å². The first-order valence-electron chi connectivity index (χ1n) is 11.1. The lowest BCUT2D eigenvalue weighted by molar-refractivity contribution is -0.150. The second kappa shape index (κ2) is 10.6. The van der Waals surface area contributed by atoms with Gasteiger partial charge in [-0.15, -0.1) is 0 Å². The van der Waals surface area contributed by atoms with Crippen molar-refractivity contribution in [1.29, 1.82) is 0 Å². The molecule has 11 heteroatoms. The topological polar surface area (TPSA) is 157 Å². The van der Waals surface area contributed by atoms with Gasteiger partial charge in [0.15, 0.2) is 0 Å². The van der Waals surface area contributed by atoms with E-state index in [9.17, 15) is 24.3 Å². The highest BCUT2D eigenvalue weighted by atomic mass is 16.4. The van der Waals surface area contributed by atoms with E-state index in [-0.39, 0.29) is 24.3 Å². The molecule has 4 atom stereocenters. The maximum absolute atomic E-state index is 13.2. The van der Waals surface area contributed by atoms with E-state index >= 15 is 0 Å². The number of carbonyl (C=O) groups excluding carboxylic acids is 3. The Hall–Kier alpha value is -2.95. The summed E-state index contributed by atoms with van der Waals surface area (Å²) >= 11 is 0. The Morgan fingerprint density at radius 3 is 2.59 bits per heavy atom. The van der Waals surface area contributed by atoms with Crippen LogP contribution in [0.5, 0.6) is 0 Å². The first-order valence-corrected chi connectivity index (χ1v) is 11.1. The van der Waals surface area contributed by atoms with Gasteiger partial charge in [-0.1, -0.05) is 13.8 Å². The highest BCUT2D eigenvalue weighted by molar-refractivity contribution is 5.94. The first-order chi connectivity index (χ1) is 15.3. The molecule has 3 amide bonds. The molecule has 4 unspecified atom stereocenters. The van der Waals surface area contributed by atoms with Crippen molar-refractivity contribution >= 4 is 23.7 Å². The molecule has 0 radical (unpaired) electrons. The van der Waals surface area contributed by atoms with Gasteiger partial charge in [-0.2, -0.15) is 0 Å². The molecule has 0 bridgehead atoms. The molecule has 3 rings (SSSR count). The molecule has 1 aromatic rings. The smallest absolute Gasteiger partial charge is 0.326 e. The average molecular weight is 449 g/mol. The number of hydrogen-bond donors (Lipinski definition) is 5. The van der Waals surface area contributed by atoms with Crippen molar-refractivity contribution in [2.24, 2.45) is 5.92 Å². The standard InChI is InChI=1S/C21H32N6O5/c1-12(2)17(20(30)27-8-4-6-16(27)21(31)32)26-19(29)15(9-13-10-22-11-24-13)25-18(28)14-5-3-7-23-14/h10-12,14-17,23H,3-9H2,1-2H3,(H,22,24)(H,25,28)(H,26,29)(H,31,32). The van der Waals surface area contributed by atoms with E-state index in [1.54, 1.807) is 20.0 Å². The predicted molar refractivity (Wildman–Crippen MR) is 114 cm³/mol. The van der Waals surface area contributed by atoms with Crippen molar-refractivity contribution in [3.63, 3.8) is 0 Å². The molecule has 11 nitrogen and oxygen atoms in total. The zero-order valence-electron chi connectivity index (χ0n) is 18.5. The normalized spacial score (nSPS) is 22.5. The molecule has 2 fully saturated rings. The summed E-state index contributed by atoms with van der Waals surface area (Å²) in [7, 11) is 0. The summed E-state index contributed by atoms with van der Waals surface area (Å²) in [5.41, 5.74) is 0.669. The molecule has 1 aromatic heterocycles. The summed E-state index contributed by atoms with van der Waals surface area (Å²) in [6.07, 6.45) is 5.84. The molecule has 2 aliphatic heterocycles. The maximum atomic E-state index is 13.2. The van der Waals surface area contributed by atoms with Crippen molar-refractivity contribution < 1.29 is 24.3 Å². The summed E-state index contributed by atoms with van der Waals surface area (Å²) in [6, 6.07) is -3.04. The fourth-order valence-corrected chi connectivity index (χ4v) is 4.24. The molecular formula is C21H32N6O5. The van der Waals surface area contributed by atoms with Crippen molar-refractivity contribution in [1.82, 2.24) is 30.8 Å². The summed E-state index contributed by atoms with van der Waals surface area (Å²) in [4.78, 5) is 58.7. The third kappa shape index (κ3) is 5.64. The summed E-state index contributed by atoms with van der Waals surface area (Å²) in [5, 5.41) is 18.1. The number of likely N-dealkylation sites (tertiary alicyclic amines) is 1. The van der Waals surface area contributed by atoms with Gasteiger partial charge in [0.2, 0.25) is 17.7 Å². The number of hydrogen-bond acceptors (Lipinski definition) is 6. The molecule has 2 saturated heterocycles. The van der Waals surface area contributed by atoms with Gasteiger partial charge >= 0.3 is 5.97 Å². The van der Waals surface area contributed by atoms with Crippen LogP contribution in [0, 0.1) is 5.92 Å². The zero-order chi connectivity index (χ0) is 23.3. The lowest BCUT2D eigenvalue weighted by Crippen LogP contribution is -2.58. The number of carboxylic acid groups (broad SMARTS) is 1. The van der Waals surface area contributed by atoms with Crippen LogP contribution in [0.3, 0.4) is 0 Å². The molecule has 3 heterocycles. The van der Waals surface area contributed by atoms with Crippen molar-refractivity contribution in [2.75, 3.05) is 13.1 Å².